The molecule has 1 spiro atoms. The third-order valence-electron chi connectivity index (χ3n) is 5.09. The average Bonchev–Trinajstić information content (AvgIpc) is 3.07. The van der Waals surface area contributed by atoms with Crippen molar-refractivity contribution in [3.8, 4) is 0 Å². The zero-order valence-corrected chi connectivity index (χ0v) is 12.2. The number of nitrogens with zero attached hydrogens (tertiary/aromatic N) is 1. The summed E-state index contributed by atoms with van der Waals surface area (Å²) in [6.07, 6.45) is 9.83. The highest BCUT2D eigenvalue weighted by molar-refractivity contribution is 7.11. The van der Waals surface area contributed by atoms with Crippen molar-refractivity contribution < 1.29 is 4.74 Å². The van der Waals surface area contributed by atoms with Crippen molar-refractivity contribution in [3.05, 3.63) is 15.6 Å². The van der Waals surface area contributed by atoms with Crippen LogP contribution in [-0.2, 0) is 17.6 Å². The minimum atomic E-state index is 0.198. The Morgan fingerprint density at radius 2 is 2.16 bits per heavy atom. The molecule has 3 nitrogen and oxygen atoms in total. The second-order valence-corrected chi connectivity index (χ2v) is 7.48. The first-order chi connectivity index (χ1) is 9.35. The second-order valence-electron chi connectivity index (χ2n) is 6.37. The molecular weight excluding hydrogens is 256 g/mol. The quantitative estimate of drug-likeness (QED) is 0.857. The molecule has 1 saturated carbocycles. The van der Waals surface area contributed by atoms with E-state index in [0.717, 1.165) is 19.7 Å². The van der Waals surface area contributed by atoms with E-state index < -0.39 is 0 Å². The van der Waals surface area contributed by atoms with Crippen LogP contribution in [0.25, 0.3) is 0 Å². The van der Waals surface area contributed by atoms with Gasteiger partial charge < -0.3 is 10.1 Å². The number of rotatable bonds is 1. The number of morpholine rings is 1. The maximum Gasteiger partial charge on any atom is 0.123 e. The Morgan fingerprint density at radius 1 is 1.26 bits per heavy atom. The molecule has 0 aromatic carbocycles. The van der Waals surface area contributed by atoms with Crippen LogP contribution in [0, 0.1) is 5.41 Å². The van der Waals surface area contributed by atoms with Crippen molar-refractivity contribution in [3.63, 3.8) is 0 Å². The van der Waals surface area contributed by atoms with Crippen LogP contribution in [0.3, 0.4) is 0 Å². The lowest BCUT2D eigenvalue weighted by Crippen LogP contribution is -2.33. The van der Waals surface area contributed by atoms with Crippen molar-refractivity contribution in [2.24, 2.45) is 5.41 Å². The number of aromatic nitrogens is 1. The Kier molecular flexibility index (Phi) is 3.13. The summed E-state index contributed by atoms with van der Waals surface area (Å²) >= 11 is 1.93. The van der Waals surface area contributed by atoms with E-state index >= 15 is 0 Å². The van der Waals surface area contributed by atoms with E-state index in [1.807, 2.05) is 11.3 Å². The monoisotopic (exact) mass is 278 g/mol. The van der Waals surface area contributed by atoms with Crippen LogP contribution in [0.5, 0.6) is 0 Å². The zero-order chi connectivity index (χ0) is 12.7. The van der Waals surface area contributed by atoms with Crippen molar-refractivity contribution in [1.29, 1.82) is 0 Å². The molecule has 1 atom stereocenters. The van der Waals surface area contributed by atoms with Gasteiger partial charge in [0.2, 0.25) is 0 Å². The standard InChI is InChI=1S/C15H22N2OS/c1-2-5-15(4-1)6-3-11-13(9-15)19-14(17-11)12-10-16-7-8-18-12/h12,16H,1-10H2. The van der Waals surface area contributed by atoms with E-state index in [2.05, 4.69) is 5.32 Å². The van der Waals surface area contributed by atoms with E-state index in [1.165, 1.54) is 55.6 Å². The predicted molar refractivity (Wildman–Crippen MR) is 76.6 cm³/mol. The molecule has 2 fully saturated rings. The zero-order valence-electron chi connectivity index (χ0n) is 11.4. The molecule has 0 radical (unpaired) electrons. The molecule has 1 saturated heterocycles. The van der Waals surface area contributed by atoms with E-state index in [1.54, 1.807) is 4.88 Å². The summed E-state index contributed by atoms with van der Waals surface area (Å²) in [5.41, 5.74) is 2.02. The van der Waals surface area contributed by atoms with Crippen molar-refractivity contribution in [2.75, 3.05) is 19.7 Å². The van der Waals surface area contributed by atoms with Gasteiger partial charge >= 0.3 is 0 Å². The van der Waals surface area contributed by atoms with Gasteiger partial charge in [-0.3, -0.25) is 0 Å². The summed E-state index contributed by atoms with van der Waals surface area (Å²) in [5.74, 6) is 0. The number of nitrogens with one attached hydrogen (secondary N) is 1. The number of hydrogen-bond donors (Lipinski definition) is 1. The number of ether oxygens (including phenoxy) is 1. The Morgan fingerprint density at radius 3 is 2.95 bits per heavy atom. The Hall–Kier alpha value is -0.450. The number of hydrogen-bond acceptors (Lipinski definition) is 4. The predicted octanol–water partition coefficient (Wildman–Crippen LogP) is 2.85. The van der Waals surface area contributed by atoms with E-state index in [-0.39, 0.29) is 6.10 Å². The Labute approximate surface area is 118 Å². The average molecular weight is 278 g/mol. The molecule has 1 aliphatic heterocycles. The summed E-state index contributed by atoms with van der Waals surface area (Å²) in [4.78, 5) is 6.45. The smallest absolute Gasteiger partial charge is 0.123 e. The summed E-state index contributed by atoms with van der Waals surface area (Å²) in [6, 6.07) is 0. The van der Waals surface area contributed by atoms with Gasteiger partial charge in [-0.15, -0.1) is 11.3 Å². The van der Waals surface area contributed by atoms with E-state index in [0.29, 0.717) is 5.41 Å². The fourth-order valence-corrected chi connectivity index (χ4v) is 5.30. The summed E-state index contributed by atoms with van der Waals surface area (Å²) in [6.45, 7) is 2.72. The number of thiazole rings is 1. The van der Waals surface area contributed by atoms with E-state index in [9.17, 15) is 0 Å². The Balaban J connectivity index is 1.56. The van der Waals surface area contributed by atoms with Gasteiger partial charge in [-0.2, -0.15) is 0 Å². The number of aryl methyl sites for hydroxylation is 1. The molecule has 104 valence electrons. The maximum absolute atomic E-state index is 5.84. The molecule has 4 rings (SSSR count). The van der Waals surface area contributed by atoms with E-state index in [4.69, 9.17) is 9.72 Å². The molecular formula is C15H22N2OS. The molecule has 0 bridgehead atoms. The topological polar surface area (TPSA) is 34.2 Å². The first-order valence-corrected chi connectivity index (χ1v) is 8.47. The molecule has 1 aromatic heterocycles. The summed E-state index contributed by atoms with van der Waals surface area (Å²) in [5, 5.41) is 4.62. The fraction of sp³-hybridized carbons (Fsp3) is 0.800. The first kappa shape index (κ1) is 12.3. The van der Waals surface area contributed by atoms with Crippen molar-refractivity contribution >= 4 is 11.3 Å². The highest BCUT2D eigenvalue weighted by atomic mass is 32.1. The lowest BCUT2D eigenvalue weighted by molar-refractivity contribution is 0.0274. The highest BCUT2D eigenvalue weighted by Gasteiger charge is 2.38. The van der Waals surface area contributed by atoms with Gasteiger partial charge in [0.05, 0.1) is 12.3 Å². The van der Waals surface area contributed by atoms with Gasteiger partial charge in [0.25, 0.3) is 0 Å². The molecule has 1 aromatic rings. The van der Waals surface area contributed by atoms with Crippen molar-refractivity contribution in [1.82, 2.24) is 10.3 Å². The molecule has 19 heavy (non-hydrogen) atoms. The van der Waals surface area contributed by atoms with Gasteiger partial charge in [-0.25, -0.2) is 4.98 Å². The maximum atomic E-state index is 5.84. The second kappa shape index (κ2) is 4.83. The molecule has 0 amide bonds. The van der Waals surface area contributed by atoms with Crippen LogP contribution >= 0.6 is 11.3 Å². The molecule has 2 heterocycles. The van der Waals surface area contributed by atoms with Gasteiger partial charge in [-0.05, 0) is 37.5 Å². The highest BCUT2D eigenvalue weighted by Crippen LogP contribution is 2.49. The van der Waals surface area contributed by atoms with Crippen molar-refractivity contribution in [2.45, 2.75) is 51.0 Å². The van der Waals surface area contributed by atoms with Gasteiger partial charge in [-0.1, -0.05) is 12.8 Å². The molecule has 1 unspecified atom stereocenters. The van der Waals surface area contributed by atoms with Crippen LogP contribution in [0.1, 0.15) is 53.8 Å². The normalized spacial score (nSPS) is 29.6. The molecule has 3 aliphatic rings. The third-order valence-corrected chi connectivity index (χ3v) is 6.28. The van der Waals surface area contributed by atoms with Crippen LogP contribution < -0.4 is 5.32 Å². The SMILES string of the molecule is C1CCC2(C1)CCc1nc(C3CNCCO3)sc1C2. The fourth-order valence-electron chi connectivity index (χ4n) is 3.96. The van der Waals surface area contributed by atoms with Gasteiger partial charge in [0.1, 0.15) is 11.1 Å². The molecule has 1 N–H and O–H groups in total. The molecule has 4 heteroatoms. The van der Waals surface area contributed by atoms with Crippen LogP contribution in [0.2, 0.25) is 0 Å². The first-order valence-electron chi connectivity index (χ1n) is 7.66. The van der Waals surface area contributed by atoms with Gasteiger partial charge in [0.15, 0.2) is 0 Å². The Bertz CT molecular complexity index is 459. The lowest BCUT2D eigenvalue weighted by Gasteiger charge is -2.32. The lowest BCUT2D eigenvalue weighted by atomic mass is 9.74. The van der Waals surface area contributed by atoms with Gasteiger partial charge in [0, 0.05) is 18.0 Å². The minimum absolute atomic E-state index is 0.198. The number of fused-ring (bicyclic) bond motifs is 1. The minimum Gasteiger partial charge on any atom is -0.368 e. The summed E-state index contributed by atoms with van der Waals surface area (Å²) in [7, 11) is 0. The van der Waals surface area contributed by atoms with Crippen LogP contribution in [-0.4, -0.2) is 24.7 Å². The largest absolute Gasteiger partial charge is 0.368 e. The summed E-state index contributed by atoms with van der Waals surface area (Å²) < 4.78 is 5.84. The van der Waals surface area contributed by atoms with Crippen LogP contribution in [0.4, 0.5) is 0 Å². The van der Waals surface area contributed by atoms with Crippen LogP contribution in [0.15, 0.2) is 0 Å². The third kappa shape index (κ3) is 2.24. The molecule has 2 aliphatic carbocycles.